The van der Waals surface area contributed by atoms with Crippen LogP contribution in [0.4, 0.5) is 10.1 Å². The van der Waals surface area contributed by atoms with Crippen LogP contribution in [0.25, 0.3) is 17.3 Å². The number of fused-ring (bicyclic) bond motifs is 1. The molecule has 0 aliphatic carbocycles. The van der Waals surface area contributed by atoms with Crippen molar-refractivity contribution in [2.75, 3.05) is 0 Å². The number of aliphatic imine (C=N–C) groups is 1. The van der Waals surface area contributed by atoms with Gasteiger partial charge in [0, 0.05) is 17.4 Å². The molecule has 6 heteroatoms. The molecule has 0 atom stereocenters. The normalized spacial score (nSPS) is 14.2. The average molecular weight is 382 g/mol. The lowest BCUT2D eigenvalue weighted by molar-refractivity contribution is 0.441. The highest BCUT2D eigenvalue weighted by Gasteiger charge is 2.18. The van der Waals surface area contributed by atoms with Gasteiger partial charge in [-0.05, 0) is 48.5 Å². The van der Waals surface area contributed by atoms with Gasteiger partial charge in [-0.1, -0.05) is 31.2 Å². The van der Waals surface area contributed by atoms with Crippen LogP contribution in [0, 0.1) is 9.77 Å². The first kappa shape index (κ1) is 16.9. The second kappa shape index (κ2) is 6.63. The third-order valence-corrected chi connectivity index (χ3v) is 5.62. The fourth-order valence-corrected chi connectivity index (χ4v) is 4.34. The molecule has 0 fully saturated rings. The van der Waals surface area contributed by atoms with Gasteiger partial charge >= 0.3 is 0 Å². The van der Waals surface area contributed by atoms with E-state index >= 15 is 0 Å². The van der Waals surface area contributed by atoms with Gasteiger partial charge in [0.2, 0.25) is 5.88 Å². The minimum atomic E-state index is -0.376. The van der Waals surface area contributed by atoms with Crippen molar-refractivity contribution in [2.24, 2.45) is 4.99 Å². The first-order chi connectivity index (χ1) is 12.6. The maximum atomic E-state index is 13.5. The van der Waals surface area contributed by atoms with Crippen molar-refractivity contribution < 1.29 is 9.50 Å². The van der Waals surface area contributed by atoms with E-state index in [1.54, 1.807) is 18.3 Å². The Labute approximate surface area is 159 Å². The van der Waals surface area contributed by atoms with E-state index in [1.807, 2.05) is 18.2 Å². The number of hydrogen-bond donors (Lipinski definition) is 1. The van der Waals surface area contributed by atoms with Crippen molar-refractivity contribution in [3.8, 4) is 11.6 Å². The standard InChI is InChI=1S/C20H15FN2OS2/c1-2-12-5-3-8-16-13(11-22-18(12)16)9-17-19(24)23(20(25)26-17)15-7-4-6-14(21)10-15/h3-11,24H,2H2,1H3. The van der Waals surface area contributed by atoms with Crippen molar-refractivity contribution in [2.45, 2.75) is 13.3 Å². The van der Waals surface area contributed by atoms with Crippen LogP contribution in [-0.2, 0) is 6.42 Å². The molecule has 1 aromatic heterocycles. The average Bonchev–Trinajstić information content (AvgIpc) is 3.16. The summed E-state index contributed by atoms with van der Waals surface area (Å²) in [5, 5.41) is 10.7. The van der Waals surface area contributed by atoms with Crippen LogP contribution >= 0.6 is 23.6 Å². The van der Waals surface area contributed by atoms with Crippen molar-refractivity contribution in [1.82, 2.24) is 4.57 Å². The number of thiazole rings is 1. The van der Waals surface area contributed by atoms with E-state index in [9.17, 15) is 9.50 Å². The summed E-state index contributed by atoms with van der Waals surface area (Å²) in [7, 11) is 0. The minimum absolute atomic E-state index is 0.00611. The van der Waals surface area contributed by atoms with Crippen LogP contribution in [0.5, 0.6) is 5.88 Å². The van der Waals surface area contributed by atoms with E-state index in [0.29, 0.717) is 14.5 Å². The second-order valence-electron chi connectivity index (χ2n) is 5.90. The molecular weight excluding hydrogens is 367 g/mol. The molecule has 1 aliphatic heterocycles. The molecule has 0 saturated carbocycles. The molecule has 1 N–H and O–H groups in total. The lowest BCUT2D eigenvalue weighted by atomic mass is 10.0. The Balaban J connectivity index is 1.81. The molecule has 0 bridgehead atoms. The first-order valence-corrected chi connectivity index (χ1v) is 9.39. The van der Waals surface area contributed by atoms with Crippen LogP contribution in [0.3, 0.4) is 0 Å². The number of aromatic hydroxyl groups is 1. The monoisotopic (exact) mass is 382 g/mol. The van der Waals surface area contributed by atoms with Crippen LogP contribution < -0.4 is 0 Å². The number of halogens is 1. The van der Waals surface area contributed by atoms with Gasteiger partial charge in [-0.3, -0.25) is 9.56 Å². The summed E-state index contributed by atoms with van der Waals surface area (Å²) in [6, 6.07) is 12.1. The van der Waals surface area contributed by atoms with Gasteiger partial charge in [0.05, 0.1) is 16.3 Å². The molecule has 0 saturated heterocycles. The number of benzene rings is 2. The molecule has 3 aromatic rings. The number of aryl methyl sites for hydroxylation is 1. The fourth-order valence-electron chi connectivity index (χ4n) is 3.04. The first-order valence-electron chi connectivity index (χ1n) is 8.17. The predicted octanol–water partition coefficient (Wildman–Crippen LogP) is 5.93. The SMILES string of the molecule is CCc1cccc2c1N=CC2=Cc1sc(=S)n(-c2cccc(F)c2)c1O. The molecule has 2 heterocycles. The minimum Gasteiger partial charge on any atom is -0.493 e. The Kier molecular flexibility index (Phi) is 4.30. The van der Waals surface area contributed by atoms with E-state index in [2.05, 4.69) is 18.0 Å². The van der Waals surface area contributed by atoms with Gasteiger partial charge in [-0.25, -0.2) is 4.39 Å². The van der Waals surface area contributed by atoms with Gasteiger partial charge in [0.25, 0.3) is 0 Å². The van der Waals surface area contributed by atoms with Gasteiger partial charge in [0.1, 0.15) is 5.82 Å². The number of rotatable bonds is 3. The third-order valence-electron chi connectivity index (χ3n) is 4.31. The summed E-state index contributed by atoms with van der Waals surface area (Å²) in [6.07, 6.45) is 4.59. The highest BCUT2D eigenvalue weighted by atomic mass is 32.1. The van der Waals surface area contributed by atoms with Crippen molar-refractivity contribution in [3.63, 3.8) is 0 Å². The molecule has 0 radical (unpaired) electrons. The zero-order valence-electron chi connectivity index (χ0n) is 13.9. The highest BCUT2D eigenvalue weighted by molar-refractivity contribution is 7.73. The predicted molar refractivity (Wildman–Crippen MR) is 108 cm³/mol. The summed E-state index contributed by atoms with van der Waals surface area (Å²) in [6.45, 7) is 2.10. The van der Waals surface area contributed by atoms with Gasteiger partial charge < -0.3 is 5.11 Å². The Hall–Kier alpha value is -2.57. The molecule has 2 aromatic carbocycles. The van der Waals surface area contributed by atoms with E-state index in [-0.39, 0.29) is 11.7 Å². The van der Waals surface area contributed by atoms with Crippen LogP contribution in [0.2, 0.25) is 0 Å². The summed E-state index contributed by atoms with van der Waals surface area (Å²) in [4.78, 5) is 5.14. The third kappa shape index (κ3) is 2.81. The number of nitrogens with zero attached hydrogens (tertiary/aromatic N) is 2. The van der Waals surface area contributed by atoms with Crippen molar-refractivity contribution >= 4 is 47.1 Å². The highest BCUT2D eigenvalue weighted by Crippen LogP contribution is 2.38. The van der Waals surface area contributed by atoms with Gasteiger partial charge in [-0.15, -0.1) is 11.3 Å². The molecule has 0 unspecified atom stereocenters. The van der Waals surface area contributed by atoms with Crippen molar-refractivity contribution in [3.05, 3.63) is 68.2 Å². The number of hydrogen-bond acceptors (Lipinski definition) is 4. The van der Waals surface area contributed by atoms with E-state index < -0.39 is 0 Å². The smallest absolute Gasteiger partial charge is 0.215 e. The molecule has 26 heavy (non-hydrogen) atoms. The van der Waals surface area contributed by atoms with E-state index in [4.69, 9.17) is 12.2 Å². The van der Waals surface area contributed by atoms with E-state index in [1.165, 1.54) is 33.6 Å². The Morgan fingerprint density at radius 3 is 2.85 bits per heavy atom. The quantitative estimate of drug-likeness (QED) is 0.570. The van der Waals surface area contributed by atoms with Gasteiger partial charge in [0.15, 0.2) is 3.95 Å². The molecule has 1 aliphatic rings. The lowest BCUT2D eigenvalue weighted by Gasteiger charge is -2.05. The number of allylic oxidation sites excluding steroid dienone is 1. The Morgan fingerprint density at radius 1 is 1.27 bits per heavy atom. The number of aromatic nitrogens is 1. The maximum Gasteiger partial charge on any atom is 0.215 e. The maximum absolute atomic E-state index is 13.5. The summed E-state index contributed by atoms with van der Waals surface area (Å²) in [5.41, 5.74) is 4.64. The topological polar surface area (TPSA) is 37.5 Å². The zero-order valence-corrected chi connectivity index (χ0v) is 15.6. The molecule has 0 amide bonds. The largest absolute Gasteiger partial charge is 0.493 e. The molecule has 130 valence electrons. The molecule has 3 nitrogen and oxygen atoms in total. The second-order valence-corrected chi connectivity index (χ2v) is 7.57. The molecule has 4 rings (SSSR count). The van der Waals surface area contributed by atoms with Crippen molar-refractivity contribution in [1.29, 1.82) is 0 Å². The fraction of sp³-hybridized carbons (Fsp3) is 0.100. The Bertz CT molecular complexity index is 1130. The van der Waals surface area contributed by atoms with Crippen LogP contribution in [-0.4, -0.2) is 15.9 Å². The van der Waals surface area contributed by atoms with E-state index in [0.717, 1.165) is 23.2 Å². The number of para-hydroxylation sites is 1. The lowest BCUT2D eigenvalue weighted by Crippen LogP contribution is -1.93. The summed E-state index contributed by atoms with van der Waals surface area (Å²) >= 11 is 6.66. The zero-order chi connectivity index (χ0) is 18.3. The Morgan fingerprint density at radius 2 is 2.08 bits per heavy atom. The summed E-state index contributed by atoms with van der Waals surface area (Å²) < 4.78 is 15.5. The molecular formula is C20H15FN2OS2. The summed E-state index contributed by atoms with van der Waals surface area (Å²) in [5.74, 6) is -0.370. The van der Waals surface area contributed by atoms with Crippen LogP contribution in [0.15, 0.2) is 47.5 Å². The molecule has 0 spiro atoms. The van der Waals surface area contributed by atoms with Gasteiger partial charge in [-0.2, -0.15) is 0 Å². The van der Waals surface area contributed by atoms with Crippen LogP contribution in [0.1, 0.15) is 22.9 Å².